The van der Waals surface area contributed by atoms with E-state index in [1.165, 1.54) is 4.90 Å². The molecule has 0 radical (unpaired) electrons. The average Bonchev–Trinajstić information content (AvgIpc) is 2.25. The Kier molecular flexibility index (Phi) is 5.35. The van der Waals surface area contributed by atoms with Crippen molar-refractivity contribution in [2.24, 2.45) is 17.6 Å². The average molecular weight is 270 g/mol. The molecule has 19 heavy (non-hydrogen) atoms. The van der Waals surface area contributed by atoms with Gasteiger partial charge in [0.25, 0.3) is 0 Å². The van der Waals surface area contributed by atoms with Gasteiger partial charge in [-0.15, -0.1) is 0 Å². The molecule has 3 N–H and O–H groups in total. The molecular formula is C14H26N2O3. The molecule has 0 aliphatic heterocycles. The van der Waals surface area contributed by atoms with Gasteiger partial charge < -0.3 is 15.7 Å². The molecule has 2 unspecified atom stereocenters. The van der Waals surface area contributed by atoms with Crippen LogP contribution in [-0.2, 0) is 9.59 Å². The van der Waals surface area contributed by atoms with Crippen molar-refractivity contribution in [1.82, 2.24) is 4.90 Å². The molecule has 0 bridgehead atoms. The standard InChI is InChI=1S/C14H26N2O3/c1-10(2)8-16(9-12(17)18)13(19)14(15)6-4-5-11(3)7-14/h10-11H,4-9,15H2,1-3H3,(H,17,18). The monoisotopic (exact) mass is 270 g/mol. The molecule has 0 aromatic rings. The minimum atomic E-state index is -0.985. The third-order valence-electron chi connectivity index (χ3n) is 3.66. The molecule has 110 valence electrons. The summed E-state index contributed by atoms with van der Waals surface area (Å²) < 4.78 is 0. The van der Waals surface area contributed by atoms with Crippen LogP contribution in [0.4, 0.5) is 0 Å². The minimum absolute atomic E-state index is 0.199. The predicted octanol–water partition coefficient (Wildman–Crippen LogP) is 1.46. The lowest BCUT2D eigenvalue weighted by Gasteiger charge is -2.39. The fourth-order valence-electron chi connectivity index (χ4n) is 2.92. The van der Waals surface area contributed by atoms with Crippen LogP contribution >= 0.6 is 0 Å². The highest BCUT2D eigenvalue weighted by Gasteiger charge is 2.41. The molecule has 1 saturated carbocycles. The van der Waals surface area contributed by atoms with Crippen molar-refractivity contribution in [1.29, 1.82) is 0 Å². The number of aliphatic carboxylic acids is 1. The molecule has 0 aromatic heterocycles. The molecular weight excluding hydrogens is 244 g/mol. The molecule has 5 nitrogen and oxygen atoms in total. The lowest BCUT2D eigenvalue weighted by atomic mass is 9.76. The number of nitrogens with two attached hydrogens (primary N) is 1. The van der Waals surface area contributed by atoms with Gasteiger partial charge in [0.2, 0.25) is 5.91 Å². The molecule has 0 saturated heterocycles. The van der Waals surface area contributed by atoms with Crippen LogP contribution in [0.25, 0.3) is 0 Å². The van der Waals surface area contributed by atoms with E-state index >= 15 is 0 Å². The molecule has 0 aromatic carbocycles. The Hall–Kier alpha value is -1.10. The third-order valence-corrected chi connectivity index (χ3v) is 3.66. The largest absolute Gasteiger partial charge is 0.480 e. The highest BCUT2D eigenvalue weighted by molar-refractivity contribution is 5.88. The van der Waals surface area contributed by atoms with Gasteiger partial charge >= 0.3 is 5.97 Å². The van der Waals surface area contributed by atoms with E-state index in [0.29, 0.717) is 25.3 Å². The fraction of sp³-hybridized carbons (Fsp3) is 0.857. The van der Waals surface area contributed by atoms with E-state index in [4.69, 9.17) is 10.8 Å². The van der Waals surface area contributed by atoms with E-state index in [1.54, 1.807) is 0 Å². The number of hydrogen-bond donors (Lipinski definition) is 2. The summed E-state index contributed by atoms with van der Waals surface area (Å²) in [6.45, 7) is 6.21. The van der Waals surface area contributed by atoms with Gasteiger partial charge in [-0.05, 0) is 24.7 Å². The minimum Gasteiger partial charge on any atom is -0.480 e. The van der Waals surface area contributed by atoms with E-state index in [2.05, 4.69) is 6.92 Å². The zero-order valence-electron chi connectivity index (χ0n) is 12.2. The predicted molar refractivity (Wildman–Crippen MR) is 73.6 cm³/mol. The molecule has 2 atom stereocenters. The summed E-state index contributed by atoms with van der Waals surface area (Å²) in [4.78, 5) is 24.9. The van der Waals surface area contributed by atoms with Crippen molar-refractivity contribution in [3.63, 3.8) is 0 Å². The van der Waals surface area contributed by atoms with E-state index in [9.17, 15) is 9.59 Å². The van der Waals surface area contributed by atoms with Crippen molar-refractivity contribution < 1.29 is 14.7 Å². The molecule has 1 amide bonds. The number of hydrogen-bond acceptors (Lipinski definition) is 3. The first kappa shape index (κ1) is 16.0. The highest BCUT2D eigenvalue weighted by Crippen LogP contribution is 2.32. The lowest BCUT2D eigenvalue weighted by Crippen LogP contribution is -2.58. The first-order chi connectivity index (χ1) is 8.74. The van der Waals surface area contributed by atoms with Gasteiger partial charge in [-0.3, -0.25) is 9.59 Å². The summed E-state index contributed by atoms with van der Waals surface area (Å²) in [6, 6.07) is 0. The molecule has 0 heterocycles. The zero-order chi connectivity index (χ0) is 14.6. The molecule has 1 aliphatic carbocycles. The van der Waals surface area contributed by atoms with Crippen LogP contribution in [0.2, 0.25) is 0 Å². The second kappa shape index (κ2) is 6.37. The van der Waals surface area contributed by atoms with Gasteiger partial charge in [0.05, 0.1) is 5.54 Å². The number of carboxylic acids is 1. The van der Waals surface area contributed by atoms with Crippen molar-refractivity contribution in [3.05, 3.63) is 0 Å². The SMILES string of the molecule is CC(C)CN(CC(=O)O)C(=O)C1(N)CCCC(C)C1. The Bertz CT molecular complexity index is 344. The van der Waals surface area contributed by atoms with Gasteiger partial charge in [0.15, 0.2) is 0 Å². The summed E-state index contributed by atoms with van der Waals surface area (Å²) >= 11 is 0. The van der Waals surface area contributed by atoms with E-state index in [0.717, 1.165) is 12.8 Å². The summed E-state index contributed by atoms with van der Waals surface area (Å²) in [5, 5.41) is 8.95. The molecule has 0 spiro atoms. The summed E-state index contributed by atoms with van der Waals surface area (Å²) in [5.41, 5.74) is 5.39. The van der Waals surface area contributed by atoms with E-state index in [1.807, 2.05) is 13.8 Å². The van der Waals surface area contributed by atoms with Crippen molar-refractivity contribution in [2.45, 2.75) is 52.0 Å². The zero-order valence-corrected chi connectivity index (χ0v) is 12.2. The number of carbonyl (C=O) groups is 2. The van der Waals surface area contributed by atoms with Crippen LogP contribution in [0.3, 0.4) is 0 Å². The van der Waals surface area contributed by atoms with Gasteiger partial charge in [0.1, 0.15) is 6.54 Å². The van der Waals surface area contributed by atoms with E-state index < -0.39 is 11.5 Å². The summed E-state index contributed by atoms with van der Waals surface area (Å²) in [7, 11) is 0. The van der Waals surface area contributed by atoms with E-state index in [-0.39, 0.29) is 18.4 Å². The topological polar surface area (TPSA) is 83.6 Å². The van der Waals surface area contributed by atoms with Crippen LogP contribution in [0.1, 0.15) is 46.5 Å². The van der Waals surface area contributed by atoms with Gasteiger partial charge in [-0.2, -0.15) is 0 Å². The summed E-state index contributed by atoms with van der Waals surface area (Å²) in [5.74, 6) is -0.530. The summed E-state index contributed by atoms with van der Waals surface area (Å²) in [6.07, 6.45) is 3.34. The number of nitrogens with zero attached hydrogens (tertiary/aromatic N) is 1. The molecule has 1 aliphatic rings. The Morgan fingerprint density at radius 2 is 2.11 bits per heavy atom. The van der Waals surface area contributed by atoms with Crippen LogP contribution in [0.5, 0.6) is 0 Å². The maximum absolute atomic E-state index is 12.6. The number of amides is 1. The second-order valence-corrected chi connectivity index (χ2v) is 6.33. The molecule has 1 fully saturated rings. The molecule has 1 rings (SSSR count). The van der Waals surface area contributed by atoms with Crippen LogP contribution in [0, 0.1) is 11.8 Å². The Morgan fingerprint density at radius 3 is 2.58 bits per heavy atom. The maximum atomic E-state index is 12.6. The first-order valence-corrected chi connectivity index (χ1v) is 7.04. The quantitative estimate of drug-likeness (QED) is 0.792. The smallest absolute Gasteiger partial charge is 0.323 e. The normalized spacial score (nSPS) is 27.3. The number of carbonyl (C=O) groups excluding carboxylic acids is 1. The Morgan fingerprint density at radius 1 is 1.47 bits per heavy atom. The Balaban J connectivity index is 2.81. The van der Waals surface area contributed by atoms with Crippen LogP contribution in [-0.4, -0.2) is 40.5 Å². The Labute approximate surface area is 115 Å². The van der Waals surface area contributed by atoms with Gasteiger partial charge in [0, 0.05) is 6.54 Å². The van der Waals surface area contributed by atoms with Crippen LogP contribution in [0.15, 0.2) is 0 Å². The van der Waals surface area contributed by atoms with Crippen molar-refractivity contribution >= 4 is 11.9 Å². The van der Waals surface area contributed by atoms with Crippen molar-refractivity contribution in [2.75, 3.05) is 13.1 Å². The number of carboxylic acid groups (broad SMARTS) is 1. The maximum Gasteiger partial charge on any atom is 0.323 e. The third kappa shape index (κ3) is 4.49. The first-order valence-electron chi connectivity index (χ1n) is 7.04. The lowest BCUT2D eigenvalue weighted by molar-refractivity contribution is -0.148. The van der Waals surface area contributed by atoms with Gasteiger partial charge in [-0.1, -0.05) is 33.6 Å². The number of rotatable bonds is 5. The van der Waals surface area contributed by atoms with Gasteiger partial charge in [-0.25, -0.2) is 0 Å². The highest BCUT2D eigenvalue weighted by atomic mass is 16.4. The van der Waals surface area contributed by atoms with Crippen molar-refractivity contribution in [3.8, 4) is 0 Å². The fourth-order valence-corrected chi connectivity index (χ4v) is 2.92. The second-order valence-electron chi connectivity index (χ2n) is 6.33. The van der Waals surface area contributed by atoms with Crippen LogP contribution < -0.4 is 5.73 Å². The molecule has 5 heteroatoms.